The minimum absolute atomic E-state index is 0.159. The van der Waals surface area contributed by atoms with Crippen molar-refractivity contribution in [1.82, 2.24) is 5.32 Å². The molecule has 1 aliphatic carbocycles. The number of carboxylic acid groups (broad SMARTS) is 1. The van der Waals surface area contributed by atoms with Crippen molar-refractivity contribution >= 4 is 29.6 Å². The highest BCUT2D eigenvalue weighted by molar-refractivity contribution is 6.32. The number of carbonyl (C=O) groups is 2. The number of nitrogens with one attached hydrogen (secondary N) is 1. The lowest BCUT2D eigenvalue weighted by molar-refractivity contribution is -0.131. The van der Waals surface area contributed by atoms with Gasteiger partial charge in [0.25, 0.3) is 5.91 Å². The Morgan fingerprint density at radius 1 is 1.45 bits per heavy atom. The third-order valence-corrected chi connectivity index (χ3v) is 3.77. The molecule has 1 saturated carbocycles. The predicted molar refractivity (Wildman–Crippen MR) is 77.8 cm³/mol. The molecule has 20 heavy (non-hydrogen) atoms. The maximum absolute atomic E-state index is 12.0. The highest BCUT2D eigenvalue weighted by atomic mass is 35.5. The van der Waals surface area contributed by atoms with E-state index in [-0.39, 0.29) is 11.3 Å². The summed E-state index contributed by atoms with van der Waals surface area (Å²) in [6.07, 6.45) is 4.70. The van der Waals surface area contributed by atoms with Crippen LogP contribution in [0.3, 0.4) is 0 Å². The summed E-state index contributed by atoms with van der Waals surface area (Å²) in [6.45, 7) is 2.81. The summed E-state index contributed by atoms with van der Waals surface area (Å²) in [7, 11) is 0. The highest BCUT2D eigenvalue weighted by Crippen LogP contribution is 2.44. The molecule has 1 aliphatic rings. The summed E-state index contributed by atoms with van der Waals surface area (Å²) in [5.74, 6) is -1.20. The molecular formula is C15H16ClNO3. The summed E-state index contributed by atoms with van der Waals surface area (Å²) in [6, 6.07) is 4.82. The van der Waals surface area contributed by atoms with E-state index in [9.17, 15) is 9.59 Å². The van der Waals surface area contributed by atoms with Gasteiger partial charge in [0.15, 0.2) is 0 Å². The van der Waals surface area contributed by atoms with E-state index in [1.807, 2.05) is 0 Å². The van der Waals surface area contributed by atoms with Crippen molar-refractivity contribution < 1.29 is 14.7 Å². The minimum atomic E-state index is -1.04. The molecule has 0 heterocycles. The molecule has 1 aromatic rings. The number of hydrogen-bond donors (Lipinski definition) is 2. The first-order chi connectivity index (χ1) is 9.39. The smallest absolute Gasteiger partial charge is 0.328 e. The zero-order valence-electron chi connectivity index (χ0n) is 11.1. The molecule has 106 valence electrons. The van der Waals surface area contributed by atoms with Gasteiger partial charge >= 0.3 is 5.97 Å². The molecule has 0 aromatic heterocycles. The Morgan fingerprint density at radius 2 is 2.15 bits per heavy atom. The van der Waals surface area contributed by atoms with Crippen LogP contribution in [-0.2, 0) is 4.79 Å². The van der Waals surface area contributed by atoms with Crippen LogP contribution in [0.2, 0.25) is 5.02 Å². The van der Waals surface area contributed by atoms with E-state index in [0.717, 1.165) is 18.9 Å². The van der Waals surface area contributed by atoms with E-state index >= 15 is 0 Å². The second-order valence-electron chi connectivity index (χ2n) is 5.40. The van der Waals surface area contributed by atoms with Gasteiger partial charge in [-0.1, -0.05) is 24.6 Å². The molecule has 0 bridgehead atoms. The molecule has 1 amide bonds. The Hall–Kier alpha value is -1.81. The molecule has 5 heteroatoms. The SMILES string of the molecule is CC1(CNC(=O)c2ccc(/C=C/C(=O)O)c(Cl)c2)CC1. The topological polar surface area (TPSA) is 66.4 Å². The van der Waals surface area contributed by atoms with Crippen molar-refractivity contribution in [2.24, 2.45) is 5.41 Å². The van der Waals surface area contributed by atoms with Gasteiger partial charge in [-0.2, -0.15) is 0 Å². The lowest BCUT2D eigenvalue weighted by Crippen LogP contribution is -2.28. The Balaban J connectivity index is 2.04. The summed E-state index contributed by atoms with van der Waals surface area (Å²) < 4.78 is 0. The number of halogens is 1. The van der Waals surface area contributed by atoms with E-state index in [1.54, 1.807) is 18.2 Å². The Morgan fingerprint density at radius 3 is 2.70 bits per heavy atom. The fourth-order valence-electron chi connectivity index (χ4n) is 1.75. The summed E-state index contributed by atoms with van der Waals surface area (Å²) >= 11 is 6.04. The number of aliphatic carboxylic acids is 1. The molecule has 0 atom stereocenters. The van der Waals surface area contributed by atoms with Crippen molar-refractivity contribution in [1.29, 1.82) is 0 Å². The Bertz CT molecular complexity index is 576. The van der Waals surface area contributed by atoms with Gasteiger partial charge in [-0.05, 0) is 42.0 Å². The number of benzene rings is 1. The maximum atomic E-state index is 12.0. The lowest BCUT2D eigenvalue weighted by Gasteiger charge is -2.10. The molecule has 2 rings (SSSR count). The molecule has 1 aromatic carbocycles. The number of carbonyl (C=O) groups excluding carboxylic acids is 1. The molecule has 2 N–H and O–H groups in total. The molecule has 0 spiro atoms. The van der Waals surface area contributed by atoms with Crippen LogP contribution >= 0.6 is 11.6 Å². The number of amides is 1. The maximum Gasteiger partial charge on any atom is 0.328 e. The van der Waals surface area contributed by atoms with E-state index in [4.69, 9.17) is 16.7 Å². The van der Waals surface area contributed by atoms with Crippen LogP contribution in [0.5, 0.6) is 0 Å². The fourth-order valence-corrected chi connectivity index (χ4v) is 1.99. The molecule has 0 radical (unpaired) electrons. The van der Waals surface area contributed by atoms with Crippen molar-refractivity contribution in [2.75, 3.05) is 6.54 Å². The van der Waals surface area contributed by atoms with Crippen LogP contribution in [0, 0.1) is 5.41 Å². The van der Waals surface area contributed by atoms with E-state index in [2.05, 4.69) is 12.2 Å². The van der Waals surface area contributed by atoms with Gasteiger partial charge in [-0.25, -0.2) is 4.79 Å². The van der Waals surface area contributed by atoms with Gasteiger partial charge in [0.05, 0.1) is 0 Å². The first-order valence-electron chi connectivity index (χ1n) is 6.38. The van der Waals surface area contributed by atoms with Crippen molar-refractivity contribution in [3.63, 3.8) is 0 Å². The molecule has 4 nitrogen and oxygen atoms in total. The normalized spacial score (nSPS) is 16.1. The minimum Gasteiger partial charge on any atom is -0.478 e. The average molecular weight is 294 g/mol. The van der Waals surface area contributed by atoms with Crippen LogP contribution in [0.4, 0.5) is 0 Å². The predicted octanol–water partition coefficient (Wildman–Crippen LogP) is 2.97. The van der Waals surface area contributed by atoms with Gasteiger partial charge in [-0.3, -0.25) is 4.79 Å². The summed E-state index contributed by atoms with van der Waals surface area (Å²) in [5.41, 5.74) is 1.30. The van der Waals surface area contributed by atoms with Crippen LogP contribution in [-0.4, -0.2) is 23.5 Å². The lowest BCUT2D eigenvalue weighted by atomic mass is 10.1. The van der Waals surface area contributed by atoms with Gasteiger partial charge in [0.1, 0.15) is 0 Å². The van der Waals surface area contributed by atoms with E-state index in [0.29, 0.717) is 22.7 Å². The molecular weight excluding hydrogens is 278 g/mol. The average Bonchev–Trinajstić information content (AvgIpc) is 3.13. The molecule has 0 unspecified atom stereocenters. The van der Waals surface area contributed by atoms with Crippen molar-refractivity contribution in [2.45, 2.75) is 19.8 Å². The van der Waals surface area contributed by atoms with Crippen molar-refractivity contribution in [3.8, 4) is 0 Å². The van der Waals surface area contributed by atoms with Crippen LogP contribution < -0.4 is 5.32 Å². The molecule has 0 saturated heterocycles. The monoisotopic (exact) mass is 293 g/mol. The van der Waals surface area contributed by atoms with E-state index < -0.39 is 5.97 Å². The Labute approximate surface area is 122 Å². The van der Waals surface area contributed by atoms with Gasteiger partial charge in [0, 0.05) is 23.2 Å². The van der Waals surface area contributed by atoms with E-state index in [1.165, 1.54) is 6.08 Å². The number of rotatable bonds is 5. The van der Waals surface area contributed by atoms with Gasteiger partial charge < -0.3 is 10.4 Å². The summed E-state index contributed by atoms with van der Waals surface area (Å²) in [5, 5.41) is 11.8. The van der Waals surface area contributed by atoms with Gasteiger partial charge in [0.2, 0.25) is 0 Å². The van der Waals surface area contributed by atoms with Crippen molar-refractivity contribution in [3.05, 3.63) is 40.4 Å². The van der Waals surface area contributed by atoms with Crippen LogP contribution in [0.1, 0.15) is 35.7 Å². The largest absolute Gasteiger partial charge is 0.478 e. The fraction of sp³-hybridized carbons (Fsp3) is 0.333. The third kappa shape index (κ3) is 3.84. The van der Waals surface area contributed by atoms with Gasteiger partial charge in [-0.15, -0.1) is 0 Å². The van der Waals surface area contributed by atoms with Crippen LogP contribution in [0.15, 0.2) is 24.3 Å². The highest BCUT2D eigenvalue weighted by Gasteiger charge is 2.37. The zero-order valence-corrected chi connectivity index (χ0v) is 11.9. The standard InChI is InChI=1S/C15H16ClNO3/c1-15(6-7-15)9-17-14(20)11-3-2-10(12(16)8-11)4-5-13(18)19/h2-5,8H,6-7,9H2,1H3,(H,17,20)(H,18,19)/b5-4+. The number of carboxylic acids is 1. The first kappa shape index (κ1) is 14.6. The Kier molecular flexibility index (Phi) is 4.14. The second-order valence-corrected chi connectivity index (χ2v) is 5.81. The second kappa shape index (κ2) is 5.67. The van der Waals surface area contributed by atoms with Crippen LogP contribution in [0.25, 0.3) is 6.08 Å². The third-order valence-electron chi connectivity index (χ3n) is 3.45. The molecule has 1 fully saturated rings. The zero-order chi connectivity index (χ0) is 14.8. The summed E-state index contributed by atoms with van der Waals surface area (Å²) in [4.78, 5) is 22.4. The quantitative estimate of drug-likeness (QED) is 0.820. The number of hydrogen-bond acceptors (Lipinski definition) is 2. The first-order valence-corrected chi connectivity index (χ1v) is 6.76. The molecule has 0 aliphatic heterocycles.